The van der Waals surface area contributed by atoms with Crippen LogP contribution in [0, 0.1) is 0 Å². The maximum atomic E-state index is 11.2. The highest BCUT2D eigenvalue weighted by molar-refractivity contribution is 5.75. The zero-order valence-corrected chi connectivity index (χ0v) is 8.95. The molecule has 1 atom stereocenters. The van der Waals surface area contributed by atoms with E-state index in [-0.39, 0.29) is 18.6 Å². The average molecular weight is 188 g/mol. The van der Waals surface area contributed by atoms with E-state index in [1.54, 1.807) is 19.0 Å². The summed E-state index contributed by atoms with van der Waals surface area (Å²) >= 11 is 0. The van der Waals surface area contributed by atoms with Gasteiger partial charge in [0.05, 0.1) is 6.61 Å². The number of hydrogen-bond acceptors (Lipinski definition) is 3. The zero-order valence-electron chi connectivity index (χ0n) is 8.95. The summed E-state index contributed by atoms with van der Waals surface area (Å²) in [5.41, 5.74) is 0. The van der Waals surface area contributed by atoms with Gasteiger partial charge in [-0.15, -0.1) is 0 Å². The van der Waals surface area contributed by atoms with Gasteiger partial charge in [0, 0.05) is 33.1 Å². The monoisotopic (exact) mass is 188 g/mol. The van der Waals surface area contributed by atoms with Gasteiger partial charge in [-0.25, -0.2) is 0 Å². The molecule has 13 heavy (non-hydrogen) atoms. The van der Waals surface area contributed by atoms with Crippen LogP contribution < -0.4 is 0 Å². The second-order valence-corrected chi connectivity index (χ2v) is 3.55. The van der Waals surface area contributed by atoms with Gasteiger partial charge >= 0.3 is 0 Å². The molecular weight excluding hydrogens is 168 g/mol. The number of nitrogens with zero attached hydrogens (tertiary/aromatic N) is 2. The first kappa shape index (κ1) is 12.4. The van der Waals surface area contributed by atoms with Gasteiger partial charge in [-0.05, 0) is 14.0 Å². The quantitative estimate of drug-likeness (QED) is 0.648. The summed E-state index contributed by atoms with van der Waals surface area (Å²) in [6.45, 7) is 2.76. The molecule has 78 valence electrons. The zero-order chi connectivity index (χ0) is 10.4. The Kier molecular flexibility index (Phi) is 5.66. The number of carbonyl (C=O) groups is 1. The molecule has 0 aromatic heterocycles. The van der Waals surface area contributed by atoms with Crippen LogP contribution in [0.5, 0.6) is 0 Å². The molecule has 4 nitrogen and oxygen atoms in total. The van der Waals surface area contributed by atoms with E-state index in [2.05, 4.69) is 0 Å². The third-order valence-electron chi connectivity index (χ3n) is 2.19. The van der Waals surface area contributed by atoms with Crippen molar-refractivity contribution in [2.75, 3.05) is 34.3 Å². The number of amides is 1. The Morgan fingerprint density at radius 3 is 2.31 bits per heavy atom. The Hall–Kier alpha value is -0.610. The first-order valence-electron chi connectivity index (χ1n) is 4.50. The SMILES string of the molecule is CC(CO)N(C)CCC(=O)N(C)C. The molecule has 0 aromatic rings. The van der Waals surface area contributed by atoms with E-state index in [0.29, 0.717) is 13.0 Å². The second kappa shape index (κ2) is 5.94. The van der Waals surface area contributed by atoms with Crippen LogP contribution in [0.1, 0.15) is 13.3 Å². The predicted octanol–water partition coefficient (Wildman–Crippen LogP) is -0.223. The number of likely N-dealkylation sites (N-methyl/N-ethyl adjacent to an activating group) is 1. The Balaban J connectivity index is 3.69. The molecule has 4 heteroatoms. The van der Waals surface area contributed by atoms with Crippen LogP contribution in [0.25, 0.3) is 0 Å². The molecule has 0 rings (SSSR count). The average Bonchev–Trinajstić information content (AvgIpc) is 2.11. The first-order chi connectivity index (χ1) is 5.99. The van der Waals surface area contributed by atoms with Crippen molar-refractivity contribution in [3.8, 4) is 0 Å². The Morgan fingerprint density at radius 2 is 1.92 bits per heavy atom. The van der Waals surface area contributed by atoms with E-state index in [1.165, 1.54) is 0 Å². The van der Waals surface area contributed by atoms with Gasteiger partial charge in [-0.2, -0.15) is 0 Å². The summed E-state index contributed by atoms with van der Waals surface area (Å²) < 4.78 is 0. The van der Waals surface area contributed by atoms with E-state index < -0.39 is 0 Å². The summed E-state index contributed by atoms with van der Waals surface area (Å²) in [7, 11) is 5.40. The van der Waals surface area contributed by atoms with Gasteiger partial charge in [0.25, 0.3) is 0 Å². The van der Waals surface area contributed by atoms with Crippen molar-refractivity contribution in [1.82, 2.24) is 9.80 Å². The molecule has 0 aliphatic carbocycles. The van der Waals surface area contributed by atoms with Gasteiger partial charge in [0.1, 0.15) is 0 Å². The van der Waals surface area contributed by atoms with E-state index in [0.717, 1.165) is 0 Å². The van der Waals surface area contributed by atoms with Crippen LogP contribution >= 0.6 is 0 Å². The van der Waals surface area contributed by atoms with E-state index >= 15 is 0 Å². The summed E-state index contributed by atoms with van der Waals surface area (Å²) in [5, 5.41) is 8.84. The molecule has 0 bridgehead atoms. The molecule has 1 N–H and O–H groups in total. The molecule has 1 amide bonds. The van der Waals surface area contributed by atoms with Gasteiger partial charge in [-0.3, -0.25) is 4.79 Å². The number of carbonyl (C=O) groups excluding carboxylic acids is 1. The summed E-state index contributed by atoms with van der Waals surface area (Å²) in [4.78, 5) is 14.7. The van der Waals surface area contributed by atoms with Crippen molar-refractivity contribution in [3.05, 3.63) is 0 Å². The van der Waals surface area contributed by atoms with Crippen molar-refractivity contribution in [2.45, 2.75) is 19.4 Å². The number of hydrogen-bond donors (Lipinski definition) is 1. The molecule has 0 aliphatic rings. The third-order valence-corrected chi connectivity index (χ3v) is 2.19. The van der Waals surface area contributed by atoms with Crippen molar-refractivity contribution in [2.24, 2.45) is 0 Å². The normalized spacial score (nSPS) is 13.1. The third kappa shape index (κ3) is 4.85. The molecule has 0 spiro atoms. The molecule has 1 unspecified atom stereocenters. The van der Waals surface area contributed by atoms with Crippen molar-refractivity contribution in [3.63, 3.8) is 0 Å². The largest absolute Gasteiger partial charge is 0.395 e. The van der Waals surface area contributed by atoms with Crippen LogP contribution in [0.15, 0.2) is 0 Å². The van der Waals surface area contributed by atoms with E-state index in [4.69, 9.17) is 5.11 Å². The maximum Gasteiger partial charge on any atom is 0.223 e. The molecule has 0 saturated carbocycles. The number of aliphatic hydroxyl groups excluding tert-OH is 1. The standard InChI is InChI=1S/C9H20N2O2/c1-8(7-12)11(4)6-5-9(13)10(2)3/h8,12H,5-7H2,1-4H3. The lowest BCUT2D eigenvalue weighted by Crippen LogP contribution is -2.35. The molecule has 0 heterocycles. The molecule has 0 aliphatic heterocycles. The highest BCUT2D eigenvalue weighted by Gasteiger charge is 2.10. The lowest BCUT2D eigenvalue weighted by atomic mass is 10.3. The number of aliphatic hydroxyl groups is 1. The molecule has 0 radical (unpaired) electrons. The van der Waals surface area contributed by atoms with Gasteiger partial charge < -0.3 is 14.9 Å². The van der Waals surface area contributed by atoms with E-state index in [1.807, 2.05) is 18.9 Å². The summed E-state index contributed by atoms with van der Waals surface area (Å²) in [6, 6.07) is 0.120. The Bertz CT molecular complexity index is 160. The van der Waals surface area contributed by atoms with Crippen LogP contribution in [0.2, 0.25) is 0 Å². The molecule has 0 saturated heterocycles. The van der Waals surface area contributed by atoms with Crippen molar-refractivity contribution >= 4 is 5.91 Å². The van der Waals surface area contributed by atoms with Crippen LogP contribution in [-0.2, 0) is 4.79 Å². The van der Waals surface area contributed by atoms with Crippen molar-refractivity contribution in [1.29, 1.82) is 0 Å². The minimum Gasteiger partial charge on any atom is -0.395 e. The smallest absolute Gasteiger partial charge is 0.223 e. The lowest BCUT2D eigenvalue weighted by Gasteiger charge is -2.23. The van der Waals surface area contributed by atoms with Crippen LogP contribution in [0.4, 0.5) is 0 Å². The minimum absolute atomic E-state index is 0.120. The molecular formula is C9H20N2O2. The highest BCUT2D eigenvalue weighted by atomic mass is 16.3. The lowest BCUT2D eigenvalue weighted by molar-refractivity contribution is -0.129. The fourth-order valence-corrected chi connectivity index (χ4v) is 0.855. The van der Waals surface area contributed by atoms with Gasteiger partial charge in [-0.1, -0.05) is 0 Å². The van der Waals surface area contributed by atoms with Crippen LogP contribution in [-0.4, -0.2) is 61.2 Å². The Morgan fingerprint density at radius 1 is 1.38 bits per heavy atom. The minimum atomic E-state index is 0.120. The maximum absolute atomic E-state index is 11.2. The Labute approximate surface area is 80.1 Å². The van der Waals surface area contributed by atoms with Crippen LogP contribution in [0.3, 0.4) is 0 Å². The van der Waals surface area contributed by atoms with Gasteiger partial charge in [0.15, 0.2) is 0 Å². The van der Waals surface area contributed by atoms with Crippen molar-refractivity contribution < 1.29 is 9.90 Å². The van der Waals surface area contributed by atoms with E-state index in [9.17, 15) is 4.79 Å². The highest BCUT2D eigenvalue weighted by Crippen LogP contribution is 1.97. The predicted molar refractivity (Wildman–Crippen MR) is 52.5 cm³/mol. The summed E-state index contributed by atoms with van der Waals surface area (Å²) in [5.74, 6) is 0.122. The fraction of sp³-hybridized carbons (Fsp3) is 0.889. The van der Waals surface area contributed by atoms with Gasteiger partial charge in [0.2, 0.25) is 5.91 Å². The second-order valence-electron chi connectivity index (χ2n) is 3.55. The first-order valence-corrected chi connectivity index (χ1v) is 4.50. The molecule has 0 aromatic carbocycles. The summed E-state index contributed by atoms with van der Waals surface area (Å²) in [6.07, 6.45) is 0.508. The fourth-order valence-electron chi connectivity index (χ4n) is 0.855. The topological polar surface area (TPSA) is 43.8 Å². The number of rotatable bonds is 5. The molecule has 0 fully saturated rings.